The summed E-state index contributed by atoms with van der Waals surface area (Å²) in [4.78, 5) is 4.59. The predicted molar refractivity (Wildman–Crippen MR) is 84.9 cm³/mol. The molecule has 2 saturated carbocycles. The molecule has 2 fully saturated rings. The number of rotatable bonds is 1. The van der Waals surface area contributed by atoms with Crippen LogP contribution in [-0.2, 0) is 5.60 Å². The molecule has 2 bridgehead atoms. The first-order valence-electron chi connectivity index (χ1n) is 7.96. The Morgan fingerprint density at radius 1 is 1.19 bits per heavy atom. The molecule has 1 aromatic carbocycles. The Kier molecular flexibility index (Phi) is 2.44. The maximum absolute atomic E-state index is 11.8. The summed E-state index contributed by atoms with van der Waals surface area (Å²) in [7, 11) is 0. The standard InChI is InChI=1S/C19H23NO/c1-17(2)14-8-9-18(3,11-14)19(17,21)15-10-13-6-4-5-7-16(13)20-12-15/h4-7,10,12,14,21H,8-9,11H2,1-3H3. The van der Waals surface area contributed by atoms with E-state index in [1.165, 1.54) is 6.42 Å². The van der Waals surface area contributed by atoms with Crippen LogP contribution in [0.5, 0.6) is 0 Å². The van der Waals surface area contributed by atoms with Gasteiger partial charge in [-0.05, 0) is 37.3 Å². The molecule has 0 saturated heterocycles. The Labute approximate surface area is 126 Å². The van der Waals surface area contributed by atoms with Crippen molar-refractivity contribution in [2.45, 2.75) is 45.6 Å². The lowest BCUT2D eigenvalue weighted by atomic mass is 9.58. The topological polar surface area (TPSA) is 33.1 Å². The van der Waals surface area contributed by atoms with Crippen molar-refractivity contribution in [1.29, 1.82) is 0 Å². The van der Waals surface area contributed by atoms with E-state index >= 15 is 0 Å². The fourth-order valence-corrected chi connectivity index (χ4v) is 5.25. The summed E-state index contributed by atoms with van der Waals surface area (Å²) < 4.78 is 0. The average molecular weight is 281 g/mol. The van der Waals surface area contributed by atoms with Crippen LogP contribution in [0.1, 0.15) is 45.6 Å². The van der Waals surface area contributed by atoms with E-state index in [-0.39, 0.29) is 10.8 Å². The van der Waals surface area contributed by atoms with Crippen LogP contribution in [0.2, 0.25) is 0 Å². The quantitative estimate of drug-likeness (QED) is 0.847. The van der Waals surface area contributed by atoms with Crippen LogP contribution in [0, 0.1) is 16.7 Å². The Morgan fingerprint density at radius 2 is 1.95 bits per heavy atom. The average Bonchev–Trinajstić information content (AvgIpc) is 2.95. The molecule has 2 aliphatic carbocycles. The molecule has 2 aromatic rings. The van der Waals surface area contributed by atoms with E-state index in [0.29, 0.717) is 5.92 Å². The zero-order chi connectivity index (χ0) is 14.9. The highest BCUT2D eigenvalue weighted by Gasteiger charge is 2.69. The lowest BCUT2D eigenvalue weighted by molar-refractivity contribution is -0.150. The normalized spacial score (nSPS) is 37.2. The van der Waals surface area contributed by atoms with Crippen molar-refractivity contribution in [3.8, 4) is 0 Å². The maximum atomic E-state index is 11.8. The molecule has 3 atom stereocenters. The van der Waals surface area contributed by atoms with Crippen LogP contribution in [0.15, 0.2) is 36.5 Å². The van der Waals surface area contributed by atoms with Crippen molar-refractivity contribution in [2.75, 3.05) is 0 Å². The first kappa shape index (κ1) is 13.3. The Balaban J connectivity index is 1.94. The van der Waals surface area contributed by atoms with Gasteiger partial charge in [-0.25, -0.2) is 0 Å². The lowest BCUT2D eigenvalue weighted by Gasteiger charge is -2.51. The second-order valence-electron chi connectivity index (χ2n) is 7.85. The molecule has 3 unspecified atom stereocenters. The van der Waals surface area contributed by atoms with Gasteiger partial charge in [-0.2, -0.15) is 0 Å². The molecule has 0 spiro atoms. The van der Waals surface area contributed by atoms with Crippen LogP contribution in [0.3, 0.4) is 0 Å². The van der Waals surface area contributed by atoms with Gasteiger partial charge >= 0.3 is 0 Å². The third-order valence-corrected chi connectivity index (χ3v) is 6.58. The number of aromatic nitrogens is 1. The van der Waals surface area contributed by atoms with Crippen LogP contribution in [0.25, 0.3) is 10.9 Å². The number of benzene rings is 1. The predicted octanol–water partition coefficient (Wildman–Crippen LogP) is 4.27. The third kappa shape index (κ3) is 1.44. The molecular formula is C19H23NO. The summed E-state index contributed by atoms with van der Waals surface area (Å²) in [5.74, 6) is 0.610. The second kappa shape index (κ2) is 3.86. The van der Waals surface area contributed by atoms with Crippen molar-refractivity contribution in [3.05, 3.63) is 42.1 Å². The number of hydrogen-bond acceptors (Lipinski definition) is 2. The molecule has 1 N–H and O–H groups in total. The summed E-state index contributed by atoms with van der Waals surface area (Å²) in [5.41, 5.74) is 1.10. The van der Waals surface area contributed by atoms with Crippen molar-refractivity contribution in [3.63, 3.8) is 0 Å². The zero-order valence-electron chi connectivity index (χ0n) is 13.1. The minimum Gasteiger partial charge on any atom is -0.384 e. The Morgan fingerprint density at radius 3 is 2.67 bits per heavy atom. The van der Waals surface area contributed by atoms with Crippen LogP contribution < -0.4 is 0 Å². The van der Waals surface area contributed by atoms with Gasteiger partial charge in [0.05, 0.1) is 5.52 Å². The highest BCUT2D eigenvalue weighted by molar-refractivity contribution is 5.79. The van der Waals surface area contributed by atoms with Crippen molar-refractivity contribution in [2.24, 2.45) is 16.7 Å². The first-order valence-corrected chi connectivity index (χ1v) is 7.96. The fraction of sp³-hybridized carbons (Fsp3) is 0.526. The molecule has 1 heterocycles. The molecule has 0 aliphatic heterocycles. The molecule has 0 radical (unpaired) electrons. The van der Waals surface area contributed by atoms with Gasteiger partial charge in [0.1, 0.15) is 5.60 Å². The number of hydrogen-bond donors (Lipinski definition) is 1. The molecule has 4 rings (SSSR count). The molecule has 2 nitrogen and oxygen atoms in total. The minimum atomic E-state index is -0.778. The van der Waals surface area contributed by atoms with E-state index in [9.17, 15) is 5.11 Å². The number of aliphatic hydroxyl groups is 1. The summed E-state index contributed by atoms with van der Waals surface area (Å²) in [6.07, 6.45) is 5.39. The zero-order valence-corrected chi connectivity index (χ0v) is 13.1. The molecule has 2 aliphatic rings. The van der Waals surface area contributed by atoms with Crippen molar-refractivity contribution in [1.82, 2.24) is 4.98 Å². The van der Waals surface area contributed by atoms with E-state index in [4.69, 9.17) is 0 Å². The van der Waals surface area contributed by atoms with E-state index < -0.39 is 5.60 Å². The van der Waals surface area contributed by atoms with Gasteiger partial charge in [-0.15, -0.1) is 0 Å². The number of pyridine rings is 1. The van der Waals surface area contributed by atoms with Gasteiger partial charge in [-0.3, -0.25) is 4.98 Å². The van der Waals surface area contributed by atoms with Crippen LogP contribution in [-0.4, -0.2) is 10.1 Å². The smallest absolute Gasteiger partial charge is 0.102 e. The van der Waals surface area contributed by atoms with E-state index in [1.807, 2.05) is 24.4 Å². The summed E-state index contributed by atoms with van der Waals surface area (Å²) in [6, 6.07) is 10.3. The number of nitrogens with zero attached hydrogens (tertiary/aromatic N) is 1. The van der Waals surface area contributed by atoms with Crippen LogP contribution >= 0.6 is 0 Å². The Hall–Kier alpha value is -1.41. The van der Waals surface area contributed by atoms with Gasteiger partial charge in [0.25, 0.3) is 0 Å². The van der Waals surface area contributed by atoms with Crippen molar-refractivity contribution < 1.29 is 5.11 Å². The minimum absolute atomic E-state index is 0.0225. The molecular weight excluding hydrogens is 258 g/mol. The summed E-state index contributed by atoms with van der Waals surface area (Å²) >= 11 is 0. The largest absolute Gasteiger partial charge is 0.384 e. The van der Waals surface area contributed by atoms with E-state index in [0.717, 1.165) is 29.3 Å². The number of fused-ring (bicyclic) bond motifs is 3. The summed E-state index contributed by atoms with van der Waals surface area (Å²) in [5, 5.41) is 12.9. The molecule has 110 valence electrons. The van der Waals surface area contributed by atoms with E-state index in [2.05, 4.69) is 37.9 Å². The lowest BCUT2D eigenvalue weighted by Crippen LogP contribution is -2.51. The monoisotopic (exact) mass is 281 g/mol. The van der Waals surface area contributed by atoms with Gasteiger partial charge in [-0.1, -0.05) is 39.0 Å². The molecule has 0 amide bonds. The van der Waals surface area contributed by atoms with E-state index in [1.54, 1.807) is 0 Å². The van der Waals surface area contributed by atoms with Gasteiger partial charge < -0.3 is 5.11 Å². The number of para-hydroxylation sites is 1. The SMILES string of the molecule is CC12CCC(C1)C(C)(C)C2(O)c1cnc2ccccc2c1. The fourth-order valence-electron chi connectivity index (χ4n) is 5.25. The highest BCUT2D eigenvalue weighted by atomic mass is 16.3. The molecule has 1 aromatic heterocycles. The Bertz CT molecular complexity index is 716. The molecule has 21 heavy (non-hydrogen) atoms. The highest BCUT2D eigenvalue weighted by Crippen LogP contribution is 2.71. The van der Waals surface area contributed by atoms with Crippen molar-refractivity contribution >= 4 is 10.9 Å². The van der Waals surface area contributed by atoms with Gasteiger partial charge in [0.2, 0.25) is 0 Å². The van der Waals surface area contributed by atoms with Gasteiger partial charge in [0.15, 0.2) is 0 Å². The first-order chi connectivity index (χ1) is 9.88. The third-order valence-electron chi connectivity index (χ3n) is 6.58. The molecule has 2 heteroatoms. The second-order valence-corrected chi connectivity index (χ2v) is 7.85. The van der Waals surface area contributed by atoms with Crippen LogP contribution in [0.4, 0.5) is 0 Å². The summed E-state index contributed by atoms with van der Waals surface area (Å²) in [6.45, 7) is 6.73. The van der Waals surface area contributed by atoms with Gasteiger partial charge in [0, 0.05) is 28.0 Å². The maximum Gasteiger partial charge on any atom is 0.102 e.